The first-order chi connectivity index (χ1) is 9.79. The quantitative estimate of drug-likeness (QED) is 0.720. The van der Waals surface area contributed by atoms with E-state index < -0.39 is 0 Å². The average molecular weight is 296 g/mol. The predicted molar refractivity (Wildman–Crippen MR) is 82.2 cm³/mol. The molecule has 0 saturated carbocycles. The van der Waals surface area contributed by atoms with E-state index in [0.29, 0.717) is 6.42 Å². The molecule has 1 aliphatic rings. The summed E-state index contributed by atoms with van der Waals surface area (Å²) in [5, 5.41) is 4.09. The van der Waals surface area contributed by atoms with Crippen LogP contribution in [0.4, 0.5) is 0 Å². The Balaban J connectivity index is 1.64. The van der Waals surface area contributed by atoms with Gasteiger partial charge < -0.3 is 9.64 Å². The van der Waals surface area contributed by atoms with Gasteiger partial charge in [-0.05, 0) is 41.8 Å². The van der Waals surface area contributed by atoms with E-state index >= 15 is 0 Å². The van der Waals surface area contributed by atoms with E-state index in [4.69, 9.17) is 4.74 Å². The van der Waals surface area contributed by atoms with Crippen molar-refractivity contribution < 1.29 is 9.53 Å². The molecular formula is C15H24N2O2S. The van der Waals surface area contributed by atoms with Crippen LogP contribution in [-0.2, 0) is 16.0 Å². The number of carbonyl (C=O) groups is 1. The molecule has 112 valence electrons. The summed E-state index contributed by atoms with van der Waals surface area (Å²) in [6.45, 7) is 5.71. The van der Waals surface area contributed by atoms with Crippen molar-refractivity contribution in [2.24, 2.45) is 0 Å². The summed E-state index contributed by atoms with van der Waals surface area (Å²) in [7, 11) is 1.75. The Bertz CT molecular complexity index is 387. The van der Waals surface area contributed by atoms with Gasteiger partial charge in [0.1, 0.15) is 0 Å². The van der Waals surface area contributed by atoms with Crippen molar-refractivity contribution in [2.45, 2.75) is 19.3 Å². The van der Waals surface area contributed by atoms with Crippen molar-refractivity contribution in [1.82, 2.24) is 9.80 Å². The second kappa shape index (κ2) is 8.39. The smallest absolute Gasteiger partial charge is 0.227 e. The van der Waals surface area contributed by atoms with Crippen molar-refractivity contribution in [1.29, 1.82) is 0 Å². The monoisotopic (exact) mass is 296 g/mol. The molecule has 0 unspecified atom stereocenters. The molecule has 0 atom stereocenters. The Morgan fingerprint density at radius 1 is 1.30 bits per heavy atom. The van der Waals surface area contributed by atoms with Crippen LogP contribution in [-0.4, -0.2) is 62.1 Å². The predicted octanol–water partition coefficient (Wildman–Crippen LogP) is 1.86. The molecular weight excluding hydrogens is 272 g/mol. The largest absolute Gasteiger partial charge is 0.385 e. The van der Waals surface area contributed by atoms with E-state index in [-0.39, 0.29) is 5.91 Å². The number of carbonyl (C=O) groups excluding carboxylic acids is 1. The number of hydrogen-bond donors (Lipinski definition) is 0. The lowest BCUT2D eigenvalue weighted by Gasteiger charge is -2.34. The normalized spacial score (nSPS) is 16.6. The maximum absolute atomic E-state index is 12.2. The molecule has 1 saturated heterocycles. The molecule has 1 aromatic rings. The molecule has 1 amide bonds. The molecule has 1 fully saturated rings. The fourth-order valence-electron chi connectivity index (χ4n) is 2.48. The van der Waals surface area contributed by atoms with Gasteiger partial charge in [-0.2, -0.15) is 11.3 Å². The zero-order valence-corrected chi connectivity index (χ0v) is 13.0. The third kappa shape index (κ3) is 4.89. The lowest BCUT2D eigenvalue weighted by atomic mass is 10.2. The first-order valence-electron chi connectivity index (χ1n) is 7.29. The SMILES string of the molecule is COCCCCN1CCN(C(=O)Cc2ccsc2)CC1. The van der Waals surface area contributed by atoms with Gasteiger partial charge in [-0.15, -0.1) is 0 Å². The standard InChI is InChI=1S/C15H24N2O2S/c1-19-10-3-2-5-16-6-8-17(9-7-16)15(18)12-14-4-11-20-13-14/h4,11,13H,2-3,5-10,12H2,1H3. The highest BCUT2D eigenvalue weighted by Gasteiger charge is 2.20. The molecule has 20 heavy (non-hydrogen) atoms. The summed E-state index contributed by atoms with van der Waals surface area (Å²) in [6.07, 6.45) is 2.85. The highest BCUT2D eigenvalue weighted by atomic mass is 32.1. The fraction of sp³-hybridized carbons (Fsp3) is 0.667. The van der Waals surface area contributed by atoms with Gasteiger partial charge in [0, 0.05) is 39.9 Å². The Labute approximate surface area is 125 Å². The summed E-state index contributed by atoms with van der Waals surface area (Å²) >= 11 is 1.65. The molecule has 5 heteroatoms. The topological polar surface area (TPSA) is 32.8 Å². The van der Waals surface area contributed by atoms with Crippen molar-refractivity contribution >= 4 is 17.2 Å². The number of unbranched alkanes of at least 4 members (excludes halogenated alkanes) is 1. The maximum Gasteiger partial charge on any atom is 0.227 e. The number of piperazine rings is 1. The van der Waals surface area contributed by atoms with Gasteiger partial charge in [-0.1, -0.05) is 0 Å². The van der Waals surface area contributed by atoms with Crippen LogP contribution in [0.25, 0.3) is 0 Å². The number of rotatable bonds is 7. The minimum absolute atomic E-state index is 0.266. The van der Waals surface area contributed by atoms with Crippen LogP contribution < -0.4 is 0 Å². The maximum atomic E-state index is 12.2. The first kappa shape index (κ1) is 15.5. The number of methoxy groups -OCH3 is 1. The molecule has 0 bridgehead atoms. The number of thiophene rings is 1. The summed E-state index contributed by atoms with van der Waals surface area (Å²) in [5.74, 6) is 0.266. The highest BCUT2D eigenvalue weighted by molar-refractivity contribution is 7.07. The molecule has 0 aliphatic carbocycles. The van der Waals surface area contributed by atoms with E-state index in [0.717, 1.165) is 51.3 Å². The van der Waals surface area contributed by atoms with E-state index in [9.17, 15) is 4.79 Å². The molecule has 0 spiro atoms. The summed E-state index contributed by atoms with van der Waals surface area (Å²) in [6, 6.07) is 2.04. The van der Waals surface area contributed by atoms with Crippen molar-refractivity contribution in [3.8, 4) is 0 Å². The second-order valence-electron chi connectivity index (χ2n) is 5.23. The molecule has 2 heterocycles. The molecule has 2 rings (SSSR count). The molecule has 1 aromatic heterocycles. The van der Waals surface area contributed by atoms with E-state index in [1.165, 1.54) is 6.42 Å². The van der Waals surface area contributed by atoms with Gasteiger partial charge in [-0.3, -0.25) is 9.69 Å². The minimum atomic E-state index is 0.266. The van der Waals surface area contributed by atoms with Crippen molar-refractivity contribution in [3.63, 3.8) is 0 Å². The lowest BCUT2D eigenvalue weighted by molar-refractivity contribution is -0.132. The molecule has 0 aromatic carbocycles. The van der Waals surface area contributed by atoms with Crippen LogP contribution in [0, 0.1) is 0 Å². The van der Waals surface area contributed by atoms with Gasteiger partial charge in [0.2, 0.25) is 5.91 Å². The van der Waals surface area contributed by atoms with E-state index in [1.54, 1.807) is 18.4 Å². The third-order valence-corrected chi connectivity index (χ3v) is 4.47. The van der Waals surface area contributed by atoms with Gasteiger partial charge in [0.05, 0.1) is 6.42 Å². The first-order valence-corrected chi connectivity index (χ1v) is 8.24. The highest BCUT2D eigenvalue weighted by Crippen LogP contribution is 2.10. The van der Waals surface area contributed by atoms with Crippen molar-refractivity contribution in [2.75, 3.05) is 46.4 Å². The third-order valence-electron chi connectivity index (χ3n) is 3.73. The van der Waals surface area contributed by atoms with Crippen LogP contribution >= 0.6 is 11.3 Å². The van der Waals surface area contributed by atoms with Gasteiger partial charge >= 0.3 is 0 Å². The number of hydrogen-bond acceptors (Lipinski definition) is 4. The van der Waals surface area contributed by atoms with Crippen LogP contribution in [0.2, 0.25) is 0 Å². The molecule has 0 N–H and O–H groups in total. The number of ether oxygens (including phenoxy) is 1. The summed E-state index contributed by atoms with van der Waals surface area (Å²) < 4.78 is 5.06. The molecule has 1 aliphatic heterocycles. The zero-order chi connectivity index (χ0) is 14.2. The van der Waals surface area contributed by atoms with E-state index in [1.807, 2.05) is 16.3 Å². The summed E-state index contributed by atoms with van der Waals surface area (Å²) in [5.41, 5.74) is 1.14. The second-order valence-corrected chi connectivity index (χ2v) is 6.01. The van der Waals surface area contributed by atoms with Gasteiger partial charge in [-0.25, -0.2) is 0 Å². The molecule has 4 nitrogen and oxygen atoms in total. The van der Waals surface area contributed by atoms with Crippen LogP contribution in [0.5, 0.6) is 0 Å². The van der Waals surface area contributed by atoms with Crippen molar-refractivity contribution in [3.05, 3.63) is 22.4 Å². The Hall–Kier alpha value is -0.910. The Kier molecular flexibility index (Phi) is 6.50. The zero-order valence-electron chi connectivity index (χ0n) is 12.2. The average Bonchev–Trinajstić information content (AvgIpc) is 2.97. The molecule has 0 radical (unpaired) electrons. The number of nitrogens with zero attached hydrogens (tertiary/aromatic N) is 2. The lowest BCUT2D eigenvalue weighted by Crippen LogP contribution is -2.49. The van der Waals surface area contributed by atoms with Gasteiger partial charge in [0.25, 0.3) is 0 Å². The summed E-state index contributed by atoms with van der Waals surface area (Å²) in [4.78, 5) is 16.6. The van der Waals surface area contributed by atoms with Gasteiger partial charge in [0.15, 0.2) is 0 Å². The van der Waals surface area contributed by atoms with Crippen LogP contribution in [0.3, 0.4) is 0 Å². The van der Waals surface area contributed by atoms with E-state index in [2.05, 4.69) is 10.3 Å². The van der Waals surface area contributed by atoms with Crippen LogP contribution in [0.15, 0.2) is 16.8 Å². The Morgan fingerprint density at radius 2 is 2.10 bits per heavy atom. The fourth-order valence-corrected chi connectivity index (χ4v) is 3.15. The minimum Gasteiger partial charge on any atom is -0.385 e. The Morgan fingerprint density at radius 3 is 2.75 bits per heavy atom. The number of amides is 1. The van der Waals surface area contributed by atoms with Crippen LogP contribution in [0.1, 0.15) is 18.4 Å².